The van der Waals surface area contributed by atoms with Crippen LogP contribution in [0.25, 0.3) is 0 Å². The molecule has 0 spiro atoms. The molecule has 0 fully saturated rings. The van der Waals surface area contributed by atoms with Crippen molar-refractivity contribution in [3.8, 4) is 0 Å². The van der Waals surface area contributed by atoms with Crippen LogP contribution in [0.3, 0.4) is 0 Å². The van der Waals surface area contributed by atoms with E-state index in [1.165, 1.54) is 23.3 Å². The maximum absolute atomic E-state index is 5.66. The van der Waals surface area contributed by atoms with Crippen LogP contribution in [0.5, 0.6) is 0 Å². The predicted molar refractivity (Wildman–Crippen MR) is 54.1 cm³/mol. The average molecular weight is 178 g/mol. The van der Waals surface area contributed by atoms with Gasteiger partial charge < -0.3 is 4.42 Å². The zero-order valence-corrected chi connectivity index (χ0v) is 9.19. The fraction of sp³-hybridized carbons (Fsp3) is 0.667. The zero-order chi connectivity index (χ0) is 9.85. The van der Waals surface area contributed by atoms with Crippen LogP contribution in [-0.4, -0.2) is 0 Å². The van der Waals surface area contributed by atoms with Gasteiger partial charge in [0.05, 0.1) is 6.26 Å². The summed E-state index contributed by atoms with van der Waals surface area (Å²) < 4.78 is 5.66. The lowest BCUT2D eigenvalue weighted by Crippen LogP contribution is -2.18. The molecule has 0 N–H and O–H groups in total. The van der Waals surface area contributed by atoms with Gasteiger partial charge in [0.1, 0.15) is 5.76 Å². The smallest absolute Gasteiger partial charge is 0.113 e. The summed E-state index contributed by atoms with van der Waals surface area (Å²) >= 11 is 0. The minimum Gasteiger partial charge on any atom is -0.468 e. The van der Waals surface area contributed by atoms with Gasteiger partial charge in [0.15, 0.2) is 0 Å². The third-order valence-electron chi connectivity index (χ3n) is 3.15. The summed E-state index contributed by atoms with van der Waals surface area (Å²) in [5, 5.41) is 0. The van der Waals surface area contributed by atoms with Crippen molar-refractivity contribution in [2.24, 2.45) is 0 Å². The Kier molecular flexibility index (Phi) is 1.50. The Hall–Kier alpha value is -0.720. The molecular formula is C12H18O. The van der Waals surface area contributed by atoms with Crippen molar-refractivity contribution in [1.82, 2.24) is 0 Å². The Labute approximate surface area is 80.1 Å². The van der Waals surface area contributed by atoms with Gasteiger partial charge in [0, 0.05) is 11.0 Å². The van der Waals surface area contributed by atoms with Gasteiger partial charge in [-0.25, -0.2) is 0 Å². The third kappa shape index (κ3) is 1.06. The van der Waals surface area contributed by atoms with E-state index in [0.717, 1.165) is 0 Å². The van der Waals surface area contributed by atoms with Gasteiger partial charge in [-0.2, -0.15) is 0 Å². The van der Waals surface area contributed by atoms with Crippen LogP contribution in [-0.2, 0) is 10.8 Å². The van der Waals surface area contributed by atoms with Gasteiger partial charge in [0.2, 0.25) is 0 Å². The molecule has 1 aromatic rings. The molecule has 0 saturated carbocycles. The Morgan fingerprint density at radius 2 is 1.77 bits per heavy atom. The maximum atomic E-state index is 5.66. The van der Waals surface area contributed by atoms with Crippen molar-refractivity contribution < 1.29 is 4.42 Å². The highest BCUT2D eigenvalue weighted by Crippen LogP contribution is 2.51. The molecule has 0 bridgehead atoms. The van der Waals surface area contributed by atoms with E-state index in [1.807, 2.05) is 6.26 Å². The van der Waals surface area contributed by atoms with Crippen molar-refractivity contribution in [2.45, 2.75) is 51.9 Å². The van der Waals surface area contributed by atoms with Gasteiger partial charge in [-0.15, -0.1) is 0 Å². The first-order valence-corrected chi connectivity index (χ1v) is 4.94. The molecule has 0 atom stereocenters. The lowest BCUT2D eigenvalue weighted by atomic mass is 9.81. The van der Waals surface area contributed by atoms with Crippen molar-refractivity contribution in [3.63, 3.8) is 0 Å². The Morgan fingerprint density at radius 3 is 2.31 bits per heavy atom. The largest absolute Gasteiger partial charge is 0.468 e. The van der Waals surface area contributed by atoms with E-state index < -0.39 is 0 Å². The molecule has 1 nitrogen and oxygen atoms in total. The summed E-state index contributed by atoms with van der Waals surface area (Å²) in [5.41, 5.74) is 3.26. The topological polar surface area (TPSA) is 13.1 Å². The zero-order valence-electron chi connectivity index (χ0n) is 9.19. The predicted octanol–water partition coefficient (Wildman–Crippen LogP) is 3.55. The highest BCUT2D eigenvalue weighted by molar-refractivity contribution is 5.43. The molecule has 13 heavy (non-hydrogen) atoms. The van der Waals surface area contributed by atoms with Crippen LogP contribution in [0.1, 0.15) is 51.0 Å². The number of aryl methyl sites for hydroxylation is 1. The van der Waals surface area contributed by atoms with Gasteiger partial charge in [-0.3, -0.25) is 0 Å². The van der Waals surface area contributed by atoms with Gasteiger partial charge in [-0.05, 0) is 24.3 Å². The van der Waals surface area contributed by atoms with Crippen LogP contribution in [0, 0.1) is 6.92 Å². The van der Waals surface area contributed by atoms with E-state index in [0.29, 0.717) is 0 Å². The first kappa shape index (κ1) is 8.86. The Morgan fingerprint density at radius 1 is 1.15 bits per heavy atom. The lowest BCUT2D eigenvalue weighted by molar-refractivity contribution is 0.350. The normalized spacial score (nSPS) is 23.2. The molecule has 0 amide bonds. The number of hydrogen-bond donors (Lipinski definition) is 0. The van der Waals surface area contributed by atoms with Crippen LogP contribution in [0.15, 0.2) is 10.7 Å². The summed E-state index contributed by atoms with van der Waals surface area (Å²) in [5.74, 6) is 1.20. The second kappa shape index (κ2) is 2.20. The molecule has 1 aliphatic rings. The van der Waals surface area contributed by atoms with Crippen molar-refractivity contribution in [1.29, 1.82) is 0 Å². The summed E-state index contributed by atoms with van der Waals surface area (Å²) in [6.07, 6.45) is 3.09. The Bertz CT molecular complexity index is 342. The molecule has 2 rings (SSSR count). The minimum atomic E-state index is 0.215. The number of fused-ring (bicyclic) bond motifs is 1. The quantitative estimate of drug-likeness (QED) is 0.592. The standard InChI is InChI=1S/C12H18O/c1-8-6-13-10-9(8)11(2,3)7-12(10,4)5/h6H,7H2,1-5H3. The Balaban J connectivity index is 2.67. The molecule has 1 aromatic heterocycles. The molecule has 1 heteroatoms. The van der Waals surface area contributed by atoms with E-state index >= 15 is 0 Å². The highest BCUT2D eigenvalue weighted by atomic mass is 16.3. The minimum absolute atomic E-state index is 0.215. The van der Waals surface area contributed by atoms with E-state index in [9.17, 15) is 0 Å². The third-order valence-corrected chi connectivity index (χ3v) is 3.15. The van der Waals surface area contributed by atoms with Crippen LogP contribution in [0.2, 0.25) is 0 Å². The van der Waals surface area contributed by atoms with Gasteiger partial charge in [0.25, 0.3) is 0 Å². The fourth-order valence-electron chi connectivity index (χ4n) is 3.06. The van der Waals surface area contributed by atoms with Crippen LogP contribution < -0.4 is 0 Å². The van der Waals surface area contributed by atoms with E-state index in [4.69, 9.17) is 4.42 Å². The number of hydrogen-bond acceptors (Lipinski definition) is 1. The van der Waals surface area contributed by atoms with Crippen LogP contribution in [0.4, 0.5) is 0 Å². The molecule has 0 radical (unpaired) electrons. The molecule has 1 heterocycles. The molecule has 0 saturated heterocycles. The summed E-state index contributed by atoms with van der Waals surface area (Å²) in [6, 6.07) is 0. The molecule has 0 aromatic carbocycles. The SMILES string of the molecule is Cc1coc2c1C(C)(C)CC2(C)C. The summed E-state index contributed by atoms with van der Waals surface area (Å²) in [4.78, 5) is 0. The monoisotopic (exact) mass is 178 g/mol. The molecule has 0 aliphatic heterocycles. The van der Waals surface area contributed by atoms with E-state index in [-0.39, 0.29) is 10.8 Å². The van der Waals surface area contributed by atoms with E-state index in [2.05, 4.69) is 34.6 Å². The van der Waals surface area contributed by atoms with E-state index in [1.54, 1.807) is 0 Å². The first-order valence-electron chi connectivity index (χ1n) is 4.94. The lowest BCUT2D eigenvalue weighted by Gasteiger charge is -2.22. The average Bonchev–Trinajstić information content (AvgIpc) is 2.35. The highest BCUT2D eigenvalue weighted by Gasteiger charge is 2.45. The summed E-state index contributed by atoms with van der Waals surface area (Å²) in [7, 11) is 0. The second-order valence-corrected chi connectivity index (χ2v) is 5.57. The van der Waals surface area contributed by atoms with Gasteiger partial charge in [-0.1, -0.05) is 27.7 Å². The van der Waals surface area contributed by atoms with Gasteiger partial charge >= 0.3 is 0 Å². The number of rotatable bonds is 0. The molecule has 0 unspecified atom stereocenters. The molecule has 72 valence electrons. The maximum Gasteiger partial charge on any atom is 0.113 e. The van der Waals surface area contributed by atoms with Crippen molar-refractivity contribution in [3.05, 3.63) is 23.2 Å². The summed E-state index contributed by atoms with van der Waals surface area (Å²) in [6.45, 7) is 11.3. The van der Waals surface area contributed by atoms with Crippen molar-refractivity contribution >= 4 is 0 Å². The fourth-order valence-corrected chi connectivity index (χ4v) is 3.06. The first-order chi connectivity index (χ1) is 5.84. The van der Waals surface area contributed by atoms with Crippen LogP contribution >= 0.6 is 0 Å². The van der Waals surface area contributed by atoms with Crippen molar-refractivity contribution in [2.75, 3.05) is 0 Å². The molecule has 1 aliphatic carbocycles. The number of furan rings is 1. The molecular weight excluding hydrogens is 160 g/mol. The second-order valence-electron chi connectivity index (χ2n) is 5.57.